The SMILES string of the molecule is O=C(N[C@H](CO)c1ccccc1)Oc1ccccc1. The zero-order chi connectivity index (χ0) is 13.5. The standard InChI is InChI=1S/C15H15NO3/c17-11-14(12-7-3-1-4-8-12)16-15(18)19-13-9-5-2-6-10-13/h1-10,14,17H,11H2,(H,16,18)/t14-/m1/s1. The number of benzene rings is 2. The molecular weight excluding hydrogens is 242 g/mol. The summed E-state index contributed by atoms with van der Waals surface area (Å²) in [6.45, 7) is -0.187. The predicted molar refractivity (Wildman–Crippen MR) is 71.9 cm³/mol. The molecule has 4 heteroatoms. The summed E-state index contributed by atoms with van der Waals surface area (Å²) in [5.41, 5.74) is 0.829. The quantitative estimate of drug-likeness (QED) is 0.884. The van der Waals surface area contributed by atoms with Crippen molar-refractivity contribution in [3.05, 3.63) is 66.2 Å². The first-order valence-electron chi connectivity index (χ1n) is 5.99. The van der Waals surface area contributed by atoms with Gasteiger partial charge in [0.2, 0.25) is 0 Å². The van der Waals surface area contributed by atoms with Gasteiger partial charge in [-0.3, -0.25) is 0 Å². The highest BCUT2D eigenvalue weighted by Gasteiger charge is 2.14. The fraction of sp³-hybridized carbons (Fsp3) is 0.133. The number of aliphatic hydroxyl groups is 1. The summed E-state index contributed by atoms with van der Waals surface area (Å²) in [5, 5.41) is 11.9. The topological polar surface area (TPSA) is 58.6 Å². The van der Waals surface area contributed by atoms with Crippen LogP contribution in [0.25, 0.3) is 0 Å². The Kier molecular flexibility index (Phi) is 4.53. The van der Waals surface area contributed by atoms with Crippen LogP contribution >= 0.6 is 0 Å². The maximum Gasteiger partial charge on any atom is 0.413 e. The highest BCUT2D eigenvalue weighted by Crippen LogP contribution is 2.13. The second-order valence-electron chi connectivity index (χ2n) is 3.99. The fourth-order valence-corrected chi connectivity index (χ4v) is 1.69. The Bertz CT molecular complexity index is 513. The predicted octanol–water partition coefficient (Wildman–Crippen LogP) is 2.51. The summed E-state index contributed by atoms with van der Waals surface area (Å²) in [5.74, 6) is 0.463. The maximum atomic E-state index is 11.7. The molecule has 0 saturated carbocycles. The van der Waals surface area contributed by atoms with Gasteiger partial charge in [-0.1, -0.05) is 48.5 Å². The number of carbonyl (C=O) groups is 1. The van der Waals surface area contributed by atoms with Crippen molar-refractivity contribution in [2.75, 3.05) is 6.61 Å². The van der Waals surface area contributed by atoms with Gasteiger partial charge < -0.3 is 15.2 Å². The van der Waals surface area contributed by atoms with Gasteiger partial charge in [0, 0.05) is 0 Å². The summed E-state index contributed by atoms with van der Waals surface area (Å²) < 4.78 is 5.11. The van der Waals surface area contributed by atoms with E-state index >= 15 is 0 Å². The molecule has 1 amide bonds. The van der Waals surface area contributed by atoms with Crippen LogP contribution in [0.15, 0.2) is 60.7 Å². The first-order valence-corrected chi connectivity index (χ1v) is 5.99. The van der Waals surface area contributed by atoms with Crippen molar-refractivity contribution in [1.29, 1.82) is 0 Å². The largest absolute Gasteiger partial charge is 0.413 e. The lowest BCUT2D eigenvalue weighted by Gasteiger charge is -2.16. The number of ether oxygens (including phenoxy) is 1. The maximum absolute atomic E-state index is 11.7. The van der Waals surface area contributed by atoms with E-state index < -0.39 is 12.1 Å². The van der Waals surface area contributed by atoms with Gasteiger partial charge in [-0.15, -0.1) is 0 Å². The molecule has 1 atom stereocenters. The lowest BCUT2D eigenvalue weighted by molar-refractivity contribution is 0.183. The van der Waals surface area contributed by atoms with E-state index in [9.17, 15) is 9.90 Å². The number of amides is 1. The van der Waals surface area contributed by atoms with E-state index in [4.69, 9.17) is 4.74 Å². The van der Waals surface area contributed by atoms with Gasteiger partial charge in [-0.05, 0) is 17.7 Å². The molecular formula is C15H15NO3. The first kappa shape index (κ1) is 13.1. The molecule has 0 unspecified atom stereocenters. The molecule has 0 bridgehead atoms. The van der Waals surface area contributed by atoms with Crippen molar-refractivity contribution in [2.45, 2.75) is 6.04 Å². The van der Waals surface area contributed by atoms with Gasteiger partial charge in [0.05, 0.1) is 12.6 Å². The highest BCUT2D eigenvalue weighted by molar-refractivity contribution is 5.70. The molecule has 0 aliphatic rings. The number of carbonyl (C=O) groups excluding carboxylic acids is 1. The third-order valence-corrected chi connectivity index (χ3v) is 2.63. The Labute approximate surface area is 111 Å². The van der Waals surface area contributed by atoms with E-state index in [0.717, 1.165) is 5.56 Å². The minimum absolute atomic E-state index is 0.187. The third kappa shape index (κ3) is 3.82. The van der Waals surface area contributed by atoms with Crippen LogP contribution in [-0.2, 0) is 0 Å². The van der Waals surface area contributed by atoms with Crippen LogP contribution in [0.3, 0.4) is 0 Å². The van der Waals surface area contributed by atoms with E-state index in [1.807, 2.05) is 36.4 Å². The fourth-order valence-electron chi connectivity index (χ4n) is 1.69. The average Bonchev–Trinajstić information content (AvgIpc) is 2.47. The first-order chi connectivity index (χ1) is 9.29. The van der Waals surface area contributed by atoms with Crippen molar-refractivity contribution in [3.8, 4) is 5.75 Å². The molecule has 4 nitrogen and oxygen atoms in total. The second kappa shape index (κ2) is 6.56. The minimum Gasteiger partial charge on any atom is -0.410 e. The molecule has 0 aromatic heterocycles. The summed E-state index contributed by atoms with van der Waals surface area (Å²) in [6.07, 6.45) is -0.589. The molecule has 0 spiro atoms. The van der Waals surface area contributed by atoms with Crippen LogP contribution in [0.4, 0.5) is 4.79 Å². The van der Waals surface area contributed by atoms with Crippen molar-refractivity contribution in [3.63, 3.8) is 0 Å². The van der Waals surface area contributed by atoms with Crippen molar-refractivity contribution in [2.24, 2.45) is 0 Å². The summed E-state index contributed by atoms with van der Waals surface area (Å²) in [7, 11) is 0. The minimum atomic E-state index is -0.589. The number of para-hydroxylation sites is 1. The molecule has 2 N–H and O–H groups in total. The third-order valence-electron chi connectivity index (χ3n) is 2.63. The Morgan fingerprint density at radius 3 is 2.21 bits per heavy atom. The number of hydrogen-bond donors (Lipinski definition) is 2. The van der Waals surface area contributed by atoms with E-state index in [0.29, 0.717) is 5.75 Å². The monoisotopic (exact) mass is 257 g/mol. The van der Waals surface area contributed by atoms with E-state index in [2.05, 4.69) is 5.32 Å². The van der Waals surface area contributed by atoms with Gasteiger partial charge >= 0.3 is 6.09 Å². The van der Waals surface area contributed by atoms with Gasteiger partial charge in [0.15, 0.2) is 0 Å². The Hall–Kier alpha value is -2.33. The number of rotatable bonds is 4. The van der Waals surface area contributed by atoms with Crippen LogP contribution in [0.1, 0.15) is 11.6 Å². The Morgan fingerprint density at radius 1 is 1.05 bits per heavy atom. The zero-order valence-corrected chi connectivity index (χ0v) is 10.3. The highest BCUT2D eigenvalue weighted by atomic mass is 16.6. The molecule has 0 aliphatic heterocycles. The van der Waals surface area contributed by atoms with Crippen molar-refractivity contribution in [1.82, 2.24) is 5.32 Å². The van der Waals surface area contributed by atoms with E-state index in [1.165, 1.54) is 0 Å². The molecule has 0 saturated heterocycles. The summed E-state index contributed by atoms with van der Waals surface area (Å²) in [4.78, 5) is 11.7. The van der Waals surface area contributed by atoms with Gasteiger partial charge in [0.25, 0.3) is 0 Å². The molecule has 0 aliphatic carbocycles. The average molecular weight is 257 g/mol. The zero-order valence-electron chi connectivity index (χ0n) is 10.3. The van der Waals surface area contributed by atoms with Crippen LogP contribution in [0, 0.1) is 0 Å². The molecule has 2 aromatic rings. The van der Waals surface area contributed by atoms with Gasteiger partial charge in [-0.2, -0.15) is 0 Å². The number of nitrogens with one attached hydrogen (secondary N) is 1. The molecule has 0 fully saturated rings. The second-order valence-corrected chi connectivity index (χ2v) is 3.99. The lowest BCUT2D eigenvalue weighted by Crippen LogP contribution is -2.33. The van der Waals surface area contributed by atoms with Crippen molar-refractivity contribution < 1.29 is 14.6 Å². The van der Waals surface area contributed by atoms with Crippen LogP contribution in [-0.4, -0.2) is 17.8 Å². The normalized spacial score (nSPS) is 11.6. The lowest BCUT2D eigenvalue weighted by atomic mass is 10.1. The Balaban J connectivity index is 1.97. The van der Waals surface area contributed by atoms with Gasteiger partial charge in [0.1, 0.15) is 5.75 Å². The number of hydrogen-bond acceptors (Lipinski definition) is 3. The van der Waals surface area contributed by atoms with Gasteiger partial charge in [-0.25, -0.2) is 4.79 Å². The molecule has 98 valence electrons. The van der Waals surface area contributed by atoms with Crippen molar-refractivity contribution >= 4 is 6.09 Å². The van der Waals surface area contributed by atoms with E-state index in [1.54, 1.807) is 24.3 Å². The van der Waals surface area contributed by atoms with Crippen LogP contribution in [0.5, 0.6) is 5.75 Å². The van der Waals surface area contributed by atoms with Crippen LogP contribution in [0.2, 0.25) is 0 Å². The molecule has 2 aromatic carbocycles. The molecule has 19 heavy (non-hydrogen) atoms. The van der Waals surface area contributed by atoms with E-state index in [-0.39, 0.29) is 6.61 Å². The molecule has 2 rings (SSSR count). The summed E-state index contributed by atoms with van der Waals surface area (Å²) >= 11 is 0. The molecule has 0 heterocycles. The van der Waals surface area contributed by atoms with Crippen LogP contribution < -0.4 is 10.1 Å². The Morgan fingerprint density at radius 2 is 1.63 bits per heavy atom. The number of aliphatic hydroxyl groups excluding tert-OH is 1. The smallest absolute Gasteiger partial charge is 0.410 e. The molecule has 0 radical (unpaired) electrons. The summed E-state index contributed by atoms with van der Waals surface area (Å²) in [6, 6.07) is 17.6.